The van der Waals surface area contributed by atoms with E-state index in [1.165, 1.54) is 34.6 Å². The molecule has 7 heteroatoms. The van der Waals surface area contributed by atoms with E-state index in [2.05, 4.69) is 31.0 Å². The Morgan fingerprint density at radius 2 is 1.79 bits per heavy atom. The highest BCUT2D eigenvalue weighted by Crippen LogP contribution is 2.36. The van der Waals surface area contributed by atoms with Gasteiger partial charge in [-0.2, -0.15) is 0 Å². The first-order valence-corrected chi connectivity index (χ1v) is 9.96. The lowest BCUT2D eigenvalue weighted by Crippen LogP contribution is -2.21. The molecule has 0 unspecified atom stereocenters. The Hall–Kier alpha value is -3.32. The van der Waals surface area contributed by atoms with Gasteiger partial charge in [-0.05, 0) is 43.0 Å². The van der Waals surface area contributed by atoms with E-state index in [9.17, 15) is 14.9 Å². The third-order valence-electron chi connectivity index (χ3n) is 5.15. The summed E-state index contributed by atoms with van der Waals surface area (Å²) >= 11 is 1.52. The fraction of sp³-hybridized carbons (Fsp3) is 0.182. The number of aromatic nitrogens is 2. The number of nitrogens with zero attached hydrogens (tertiary/aromatic N) is 3. The molecule has 0 bridgehead atoms. The number of fused-ring (bicyclic) bond motifs is 1. The molecule has 0 fully saturated rings. The number of nitro benzene ring substituents is 1. The maximum Gasteiger partial charge on any atom is 0.269 e. The number of benzene rings is 2. The van der Waals surface area contributed by atoms with Crippen LogP contribution in [0.4, 0.5) is 5.69 Å². The van der Waals surface area contributed by atoms with Crippen LogP contribution in [0.2, 0.25) is 0 Å². The highest BCUT2D eigenvalue weighted by Gasteiger charge is 2.17. The van der Waals surface area contributed by atoms with Crippen LogP contribution in [0.25, 0.3) is 21.3 Å². The van der Waals surface area contributed by atoms with Crippen LogP contribution in [0.15, 0.2) is 53.6 Å². The van der Waals surface area contributed by atoms with Crippen molar-refractivity contribution in [3.63, 3.8) is 0 Å². The number of hydrogen-bond donors (Lipinski definition) is 0. The van der Waals surface area contributed by atoms with Gasteiger partial charge in [0, 0.05) is 22.6 Å². The summed E-state index contributed by atoms with van der Waals surface area (Å²) < 4.78 is 1.56. The average Bonchev–Trinajstić information content (AvgIpc) is 3.03. The Bertz CT molecular complexity index is 1300. The first-order chi connectivity index (χ1) is 13.8. The van der Waals surface area contributed by atoms with Gasteiger partial charge in [0.25, 0.3) is 11.2 Å². The second kappa shape index (κ2) is 7.25. The molecule has 29 heavy (non-hydrogen) atoms. The highest BCUT2D eigenvalue weighted by atomic mass is 32.1. The summed E-state index contributed by atoms with van der Waals surface area (Å²) in [6.07, 6.45) is 1.55. The Labute approximate surface area is 171 Å². The van der Waals surface area contributed by atoms with Crippen molar-refractivity contribution >= 4 is 27.2 Å². The van der Waals surface area contributed by atoms with Crippen LogP contribution in [0.1, 0.15) is 21.6 Å². The Kier molecular flexibility index (Phi) is 4.76. The number of rotatable bonds is 4. The molecular formula is C22H19N3O3S. The molecule has 0 saturated heterocycles. The largest absolute Gasteiger partial charge is 0.294 e. The lowest BCUT2D eigenvalue weighted by atomic mass is 9.99. The first-order valence-electron chi connectivity index (χ1n) is 9.14. The Morgan fingerprint density at radius 1 is 1.07 bits per heavy atom. The normalized spacial score (nSPS) is 11.1. The zero-order valence-corrected chi connectivity index (χ0v) is 17.1. The summed E-state index contributed by atoms with van der Waals surface area (Å²) in [5.74, 6) is 0. The van der Waals surface area contributed by atoms with E-state index in [1.54, 1.807) is 23.0 Å². The number of hydrogen-bond acceptors (Lipinski definition) is 5. The lowest BCUT2D eigenvalue weighted by molar-refractivity contribution is -0.384. The van der Waals surface area contributed by atoms with E-state index in [1.807, 2.05) is 13.0 Å². The molecule has 4 rings (SSSR count). The smallest absolute Gasteiger partial charge is 0.269 e. The van der Waals surface area contributed by atoms with Crippen molar-refractivity contribution in [2.24, 2.45) is 0 Å². The zero-order chi connectivity index (χ0) is 20.7. The minimum Gasteiger partial charge on any atom is -0.294 e. The molecule has 0 N–H and O–H groups in total. The number of aryl methyl sites for hydroxylation is 3. The van der Waals surface area contributed by atoms with Gasteiger partial charge in [-0.1, -0.05) is 30.3 Å². The standard InChI is InChI=1S/C22H19N3O3S/c1-13-4-7-17(10-14(13)2)19-15(3)29-21-20(19)22(26)24(12-23-21)11-16-5-8-18(9-6-16)25(27)28/h4-10,12H,11H2,1-3H3. The van der Waals surface area contributed by atoms with Gasteiger partial charge < -0.3 is 0 Å². The molecule has 0 spiro atoms. The van der Waals surface area contributed by atoms with Gasteiger partial charge in [0.05, 0.1) is 23.2 Å². The van der Waals surface area contributed by atoms with Gasteiger partial charge in [0.15, 0.2) is 0 Å². The number of thiophene rings is 1. The van der Waals surface area contributed by atoms with E-state index >= 15 is 0 Å². The van der Waals surface area contributed by atoms with Gasteiger partial charge in [0.2, 0.25) is 0 Å². The average molecular weight is 405 g/mol. The number of non-ortho nitro benzene ring substituents is 1. The van der Waals surface area contributed by atoms with Gasteiger partial charge in [0.1, 0.15) is 4.83 Å². The van der Waals surface area contributed by atoms with E-state index in [0.717, 1.165) is 26.4 Å². The molecule has 6 nitrogen and oxygen atoms in total. The molecule has 0 saturated carbocycles. The summed E-state index contributed by atoms with van der Waals surface area (Å²) in [7, 11) is 0. The molecule has 0 atom stereocenters. The molecule has 2 heterocycles. The van der Waals surface area contributed by atoms with Crippen LogP contribution in [-0.4, -0.2) is 14.5 Å². The third kappa shape index (κ3) is 3.45. The fourth-order valence-corrected chi connectivity index (χ4v) is 4.42. The van der Waals surface area contributed by atoms with E-state index < -0.39 is 4.92 Å². The van der Waals surface area contributed by atoms with Crippen LogP contribution in [0.3, 0.4) is 0 Å². The van der Waals surface area contributed by atoms with Crippen LogP contribution < -0.4 is 5.56 Å². The fourth-order valence-electron chi connectivity index (χ4n) is 3.41. The maximum atomic E-state index is 13.3. The predicted molar refractivity (Wildman–Crippen MR) is 116 cm³/mol. The molecular weight excluding hydrogens is 386 g/mol. The molecule has 0 radical (unpaired) electrons. The van der Waals surface area contributed by atoms with Crippen molar-refractivity contribution in [3.05, 3.63) is 90.8 Å². The van der Waals surface area contributed by atoms with E-state index in [-0.39, 0.29) is 11.2 Å². The van der Waals surface area contributed by atoms with Crippen molar-refractivity contribution in [2.75, 3.05) is 0 Å². The molecule has 2 aromatic carbocycles. The molecule has 0 amide bonds. The van der Waals surface area contributed by atoms with Gasteiger partial charge in [-0.15, -0.1) is 11.3 Å². The molecule has 0 aliphatic rings. The third-order valence-corrected chi connectivity index (χ3v) is 6.16. The van der Waals surface area contributed by atoms with Crippen LogP contribution in [0.5, 0.6) is 0 Å². The quantitative estimate of drug-likeness (QED) is 0.353. The van der Waals surface area contributed by atoms with Crippen molar-refractivity contribution < 1.29 is 4.92 Å². The monoisotopic (exact) mass is 405 g/mol. The molecule has 0 aliphatic heterocycles. The SMILES string of the molecule is Cc1ccc(-c2c(C)sc3ncn(Cc4ccc([N+](=O)[O-])cc4)c(=O)c23)cc1C. The summed E-state index contributed by atoms with van der Waals surface area (Å²) in [4.78, 5) is 30.0. The second-order valence-corrected chi connectivity index (χ2v) is 8.32. The zero-order valence-electron chi connectivity index (χ0n) is 16.3. The van der Waals surface area contributed by atoms with Gasteiger partial charge >= 0.3 is 0 Å². The summed E-state index contributed by atoms with van der Waals surface area (Å²) in [5, 5.41) is 11.5. The molecule has 2 aromatic heterocycles. The molecule has 146 valence electrons. The Balaban J connectivity index is 1.81. The van der Waals surface area contributed by atoms with Crippen molar-refractivity contribution in [1.82, 2.24) is 9.55 Å². The maximum absolute atomic E-state index is 13.3. The van der Waals surface area contributed by atoms with Crippen molar-refractivity contribution in [3.8, 4) is 11.1 Å². The minimum absolute atomic E-state index is 0.0279. The predicted octanol–water partition coefficient (Wildman–Crippen LogP) is 5.01. The second-order valence-electron chi connectivity index (χ2n) is 7.11. The van der Waals surface area contributed by atoms with Crippen LogP contribution in [0, 0.1) is 30.9 Å². The first kappa shape index (κ1) is 19.0. The van der Waals surface area contributed by atoms with Gasteiger partial charge in [-0.3, -0.25) is 19.5 Å². The highest BCUT2D eigenvalue weighted by molar-refractivity contribution is 7.19. The van der Waals surface area contributed by atoms with Crippen LogP contribution >= 0.6 is 11.3 Å². The van der Waals surface area contributed by atoms with E-state index in [0.29, 0.717) is 11.9 Å². The minimum atomic E-state index is -0.437. The van der Waals surface area contributed by atoms with Crippen LogP contribution in [-0.2, 0) is 6.54 Å². The van der Waals surface area contributed by atoms with Crippen molar-refractivity contribution in [2.45, 2.75) is 27.3 Å². The van der Waals surface area contributed by atoms with Gasteiger partial charge in [-0.25, -0.2) is 4.98 Å². The number of nitro groups is 1. The molecule has 4 aromatic rings. The topological polar surface area (TPSA) is 78.0 Å². The summed E-state index contributed by atoms with van der Waals surface area (Å²) in [5.41, 5.74) is 5.06. The summed E-state index contributed by atoms with van der Waals surface area (Å²) in [6, 6.07) is 12.4. The van der Waals surface area contributed by atoms with E-state index in [4.69, 9.17) is 0 Å². The summed E-state index contributed by atoms with van der Waals surface area (Å²) in [6.45, 7) is 6.45. The van der Waals surface area contributed by atoms with Crippen molar-refractivity contribution in [1.29, 1.82) is 0 Å². The lowest BCUT2D eigenvalue weighted by Gasteiger charge is -2.08. The Morgan fingerprint density at radius 3 is 2.45 bits per heavy atom. The molecule has 0 aliphatic carbocycles.